The number of aromatic nitrogens is 2. The van der Waals surface area contributed by atoms with E-state index in [1.54, 1.807) is 22.9 Å². The molecule has 0 aliphatic carbocycles. The Morgan fingerprint density at radius 2 is 1.64 bits per heavy atom. The highest BCUT2D eigenvalue weighted by molar-refractivity contribution is 6.36. The number of carbonyl (C=O) groups is 2. The van der Waals surface area contributed by atoms with Crippen molar-refractivity contribution in [2.45, 2.75) is 45.4 Å². The number of rotatable bonds is 3. The molecule has 146 valence electrons. The number of ether oxygens (including phenoxy) is 1. The summed E-state index contributed by atoms with van der Waals surface area (Å²) in [6.07, 6.45) is 1.44. The molecule has 2 bridgehead atoms. The molecule has 6 nitrogen and oxygen atoms in total. The van der Waals surface area contributed by atoms with Crippen LogP contribution in [0.3, 0.4) is 0 Å². The van der Waals surface area contributed by atoms with Gasteiger partial charge in [0.1, 0.15) is 0 Å². The van der Waals surface area contributed by atoms with Crippen molar-refractivity contribution < 1.29 is 14.3 Å². The number of benzene rings is 1. The zero-order chi connectivity index (χ0) is 19.7. The van der Waals surface area contributed by atoms with E-state index in [2.05, 4.69) is 5.10 Å². The Kier molecular flexibility index (Phi) is 4.09. The van der Waals surface area contributed by atoms with Gasteiger partial charge in [0.05, 0.1) is 47.7 Å². The van der Waals surface area contributed by atoms with E-state index >= 15 is 0 Å². The Labute approximate surface area is 172 Å². The number of fused-ring (bicyclic) bond motifs is 5. The van der Waals surface area contributed by atoms with E-state index in [4.69, 9.17) is 27.9 Å². The maximum atomic E-state index is 13.1. The predicted molar refractivity (Wildman–Crippen MR) is 105 cm³/mol. The summed E-state index contributed by atoms with van der Waals surface area (Å²) in [6, 6.07) is 5.34. The fourth-order valence-corrected chi connectivity index (χ4v) is 5.45. The van der Waals surface area contributed by atoms with Crippen LogP contribution in [0.2, 0.25) is 10.0 Å². The number of aryl methyl sites for hydroxylation is 1. The number of amides is 2. The summed E-state index contributed by atoms with van der Waals surface area (Å²) >= 11 is 12.6. The second-order valence-corrected chi connectivity index (χ2v) is 8.55. The first-order valence-electron chi connectivity index (χ1n) is 9.38. The van der Waals surface area contributed by atoms with Gasteiger partial charge in [-0.05, 0) is 38.8 Å². The average molecular weight is 420 g/mol. The van der Waals surface area contributed by atoms with E-state index in [0.717, 1.165) is 24.1 Å². The lowest BCUT2D eigenvalue weighted by molar-refractivity contribution is -0.124. The van der Waals surface area contributed by atoms with Gasteiger partial charge in [0.2, 0.25) is 11.8 Å². The number of nitrogens with zero attached hydrogens (tertiary/aromatic N) is 3. The third kappa shape index (κ3) is 2.41. The fraction of sp³-hybridized carbons (Fsp3) is 0.450. The molecule has 5 rings (SSSR count). The monoisotopic (exact) mass is 419 g/mol. The van der Waals surface area contributed by atoms with Crippen molar-refractivity contribution in [1.29, 1.82) is 0 Å². The van der Waals surface area contributed by atoms with E-state index in [0.29, 0.717) is 28.0 Å². The van der Waals surface area contributed by atoms with Crippen LogP contribution in [0.1, 0.15) is 29.8 Å². The van der Waals surface area contributed by atoms with Crippen molar-refractivity contribution >= 4 is 40.7 Å². The molecule has 28 heavy (non-hydrogen) atoms. The van der Waals surface area contributed by atoms with Crippen molar-refractivity contribution in [1.82, 2.24) is 9.78 Å². The highest BCUT2D eigenvalue weighted by Gasteiger charge is 2.63. The summed E-state index contributed by atoms with van der Waals surface area (Å²) in [6.45, 7) is 4.04. The van der Waals surface area contributed by atoms with E-state index in [9.17, 15) is 9.59 Å². The van der Waals surface area contributed by atoms with Crippen molar-refractivity contribution in [2.24, 2.45) is 11.8 Å². The van der Waals surface area contributed by atoms with Gasteiger partial charge in [0, 0.05) is 15.6 Å². The number of hydrogen-bond acceptors (Lipinski definition) is 4. The van der Waals surface area contributed by atoms with Gasteiger partial charge >= 0.3 is 0 Å². The van der Waals surface area contributed by atoms with Crippen molar-refractivity contribution in [3.8, 4) is 0 Å². The average Bonchev–Trinajstić information content (AvgIpc) is 3.38. The van der Waals surface area contributed by atoms with E-state index < -0.39 is 0 Å². The normalized spacial score (nSPS) is 28.5. The van der Waals surface area contributed by atoms with E-state index in [1.165, 1.54) is 4.90 Å². The standard InChI is InChI=1S/C20H19Cl2N3O3/c1-9-18(10(2)24(23-9)8-11-12(21)4-3-5-13(11)22)25-19(26)16-14-6-7-15(28-14)17(16)20(25)27/h3-5,14-17H,6-8H2,1-2H3. The van der Waals surface area contributed by atoms with Crippen molar-refractivity contribution in [3.63, 3.8) is 0 Å². The Bertz CT molecular complexity index is 970. The van der Waals surface area contributed by atoms with Crippen LogP contribution in [0, 0.1) is 25.7 Å². The fourth-order valence-electron chi connectivity index (χ4n) is 4.93. The van der Waals surface area contributed by atoms with Crippen LogP contribution in [-0.4, -0.2) is 33.8 Å². The number of anilines is 1. The molecule has 4 heterocycles. The van der Waals surface area contributed by atoms with Crippen LogP contribution in [0.15, 0.2) is 18.2 Å². The minimum Gasteiger partial charge on any atom is -0.373 e. The van der Waals surface area contributed by atoms with Crippen LogP contribution in [0.4, 0.5) is 5.69 Å². The summed E-state index contributed by atoms with van der Waals surface area (Å²) in [5.74, 6) is -1.04. The highest BCUT2D eigenvalue weighted by atomic mass is 35.5. The molecule has 0 N–H and O–H groups in total. The quantitative estimate of drug-likeness (QED) is 0.713. The molecule has 4 atom stereocenters. The maximum Gasteiger partial charge on any atom is 0.240 e. The van der Waals surface area contributed by atoms with Gasteiger partial charge in [-0.2, -0.15) is 5.10 Å². The first kappa shape index (κ1) is 18.2. The third-order valence-corrected chi connectivity index (χ3v) is 6.93. The molecule has 0 radical (unpaired) electrons. The summed E-state index contributed by atoms with van der Waals surface area (Å²) in [4.78, 5) is 27.6. The Hall–Kier alpha value is -1.89. The second-order valence-electron chi connectivity index (χ2n) is 7.73. The van der Waals surface area contributed by atoms with Crippen LogP contribution >= 0.6 is 23.2 Å². The third-order valence-electron chi connectivity index (χ3n) is 6.22. The topological polar surface area (TPSA) is 64.4 Å². The second kappa shape index (κ2) is 6.31. The van der Waals surface area contributed by atoms with Gasteiger partial charge in [-0.25, -0.2) is 4.90 Å². The van der Waals surface area contributed by atoms with Crippen LogP contribution in [-0.2, 0) is 20.9 Å². The Balaban J connectivity index is 1.52. The summed E-state index contributed by atoms with van der Waals surface area (Å²) in [5.41, 5.74) is 2.70. The molecule has 1 aromatic carbocycles. The van der Waals surface area contributed by atoms with Crippen LogP contribution in [0.25, 0.3) is 0 Å². The minimum absolute atomic E-state index is 0.131. The molecule has 1 aromatic heterocycles. The molecule has 8 heteroatoms. The molecular weight excluding hydrogens is 401 g/mol. The molecule has 0 saturated carbocycles. The van der Waals surface area contributed by atoms with Crippen LogP contribution < -0.4 is 4.90 Å². The molecule has 3 fully saturated rings. The van der Waals surface area contributed by atoms with Gasteiger partial charge in [0.15, 0.2) is 0 Å². The van der Waals surface area contributed by atoms with Crippen molar-refractivity contribution in [3.05, 3.63) is 45.2 Å². The van der Waals surface area contributed by atoms with Gasteiger partial charge in [0.25, 0.3) is 0 Å². The minimum atomic E-state index is -0.355. The first-order valence-corrected chi connectivity index (χ1v) is 10.1. The lowest BCUT2D eigenvalue weighted by atomic mass is 9.81. The molecule has 0 spiro atoms. The first-order chi connectivity index (χ1) is 13.4. The molecule has 3 saturated heterocycles. The summed E-state index contributed by atoms with van der Waals surface area (Å²) in [5, 5.41) is 5.68. The van der Waals surface area contributed by atoms with Gasteiger partial charge in [-0.15, -0.1) is 0 Å². The number of carbonyl (C=O) groups excluding carboxylic acids is 2. The zero-order valence-corrected chi connectivity index (χ0v) is 17.0. The molecule has 3 aliphatic rings. The molecule has 3 aliphatic heterocycles. The zero-order valence-electron chi connectivity index (χ0n) is 15.5. The van der Waals surface area contributed by atoms with E-state index in [-0.39, 0.29) is 35.9 Å². The van der Waals surface area contributed by atoms with Gasteiger partial charge in [-0.3, -0.25) is 14.3 Å². The molecular formula is C20H19Cl2N3O3. The smallest absolute Gasteiger partial charge is 0.240 e. The maximum absolute atomic E-state index is 13.1. The van der Waals surface area contributed by atoms with Crippen LogP contribution in [0.5, 0.6) is 0 Å². The largest absolute Gasteiger partial charge is 0.373 e. The van der Waals surface area contributed by atoms with Gasteiger partial charge in [-0.1, -0.05) is 29.3 Å². The molecule has 2 aromatic rings. The highest BCUT2D eigenvalue weighted by Crippen LogP contribution is 2.50. The summed E-state index contributed by atoms with van der Waals surface area (Å²) < 4.78 is 7.56. The summed E-state index contributed by atoms with van der Waals surface area (Å²) in [7, 11) is 0. The Morgan fingerprint density at radius 1 is 1.07 bits per heavy atom. The number of imide groups is 1. The Morgan fingerprint density at radius 3 is 2.21 bits per heavy atom. The SMILES string of the molecule is Cc1nn(Cc2c(Cl)cccc2Cl)c(C)c1N1C(=O)C2C3CCC(O3)C2C1=O. The lowest BCUT2D eigenvalue weighted by Crippen LogP contribution is -2.35. The molecule has 4 unspecified atom stereocenters. The van der Waals surface area contributed by atoms with E-state index in [1.807, 2.05) is 13.8 Å². The lowest BCUT2D eigenvalue weighted by Gasteiger charge is -2.18. The molecule has 2 amide bonds. The predicted octanol–water partition coefficient (Wildman–Crippen LogP) is 3.52. The number of hydrogen-bond donors (Lipinski definition) is 0. The number of halogens is 2. The van der Waals surface area contributed by atoms with Gasteiger partial charge < -0.3 is 4.74 Å². The van der Waals surface area contributed by atoms with Crippen molar-refractivity contribution in [2.75, 3.05) is 4.90 Å².